The molecular weight excluding hydrogens is 609 g/mol. The van der Waals surface area contributed by atoms with E-state index in [0.717, 1.165) is 11.1 Å². The van der Waals surface area contributed by atoms with Gasteiger partial charge in [-0.2, -0.15) is 0 Å². The van der Waals surface area contributed by atoms with E-state index < -0.39 is 16.1 Å². The van der Waals surface area contributed by atoms with E-state index in [-0.39, 0.29) is 0 Å². The predicted octanol–water partition coefficient (Wildman–Crippen LogP) is 5.81. The SMILES string of the molecule is C(#C[Si](c1ccccc1)(c1ccccc1)c1ccccc1)c1ccc(C#C[Si](c2ccccc2)(c2ccccc2)c2ccccc2)cc1. The van der Waals surface area contributed by atoms with E-state index in [1.54, 1.807) is 0 Å². The molecule has 0 spiro atoms. The van der Waals surface area contributed by atoms with E-state index in [2.05, 4.69) is 229 Å². The summed E-state index contributed by atoms with van der Waals surface area (Å²) >= 11 is 0. The summed E-state index contributed by atoms with van der Waals surface area (Å²) in [4.78, 5) is 0. The molecule has 48 heavy (non-hydrogen) atoms. The molecule has 0 unspecified atom stereocenters. The molecule has 7 rings (SSSR count). The third kappa shape index (κ3) is 6.12. The van der Waals surface area contributed by atoms with Crippen LogP contribution in [0.3, 0.4) is 0 Å². The topological polar surface area (TPSA) is 0 Å². The minimum atomic E-state index is -2.66. The fraction of sp³-hybridized carbons (Fsp3) is 0. The summed E-state index contributed by atoms with van der Waals surface area (Å²) in [6.45, 7) is 0. The zero-order valence-corrected chi connectivity index (χ0v) is 28.6. The molecule has 0 radical (unpaired) electrons. The molecule has 0 nitrogen and oxygen atoms in total. The predicted molar refractivity (Wildman–Crippen MR) is 208 cm³/mol. The van der Waals surface area contributed by atoms with Gasteiger partial charge in [-0.1, -0.05) is 194 Å². The summed E-state index contributed by atoms with van der Waals surface area (Å²) in [5, 5.41) is 7.67. The molecule has 2 heteroatoms. The number of hydrogen-bond donors (Lipinski definition) is 0. The van der Waals surface area contributed by atoms with Gasteiger partial charge in [0.15, 0.2) is 0 Å². The van der Waals surface area contributed by atoms with Crippen molar-refractivity contribution in [3.63, 3.8) is 0 Å². The van der Waals surface area contributed by atoms with Gasteiger partial charge in [0.05, 0.1) is 0 Å². The van der Waals surface area contributed by atoms with Crippen LogP contribution in [0, 0.1) is 22.9 Å². The molecule has 0 N–H and O–H groups in total. The Balaban J connectivity index is 1.32. The first kappa shape index (κ1) is 30.7. The summed E-state index contributed by atoms with van der Waals surface area (Å²) in [5.74, 6) is 7.26. The minimum Gasteiger partial charge on any atom is -0.109 e. The van der Waals surface area contributed by atoms with E-state index in [1.165, 1.54) is 31.1 Å². The molecule has 0 heterocycles. The van der Waals surface area contributed by atoms with Gasteiger partial charge in [0, 0.05) is 11.1 Å². The van der Waals surface area contributed by atoms with Crippen LogP contribution >= 0.6 is 0 Å². The summed E-state index contributed by atoms with van der Waals surface area (Å²) in [6.07, 6.45) is 0. The first-order chi connectivity index (χ1) is 23.8. The van der Waals surface area contributed by atoms with Crippen molar-refractivity contribution >= 4 is 47.3 Å². The van der Waals surface area contributed by atoms with Crippen molar-refractivity contribution in [1.82, 2.24) is 0 Å². The molecule has 7 aromatic rings. The maximum absolute atomic E-state index is 3.90. The van der Waals surface area contributed by atoms with Crippen molar-refractivity contribution < 1.29 is 0 Å². The van der Waals surface area contributed by atoms with Gasteiger partial charge in [0.25, 0.3) is 0 Å². The van der Waals surface area contributed by atoms with Crippen LogP contribution in [0.25, 0.3) is 0 Å². The second-order valence-corrected chi connectivity index (χ2v) is 18.7. The van der Waals surface area contributed by atoms with Crippen LogP contribution in [0.4, 0.5) is 0 Å². The lowest BCUT2D eigenvalue weighted by Gasteiger charge is -2.28. The minimum absolute atomic E-state index is 0.984. The normalized spacial score (nSPS) is 11.0. The van der Waals surface area contributed by atoms with Gasteiger partial charge in [-0.3, -0.25) is 0 Å². The molecule has 0 fully saturated rings. The van der Waals surface area contributed by atoms with Crippen LogP contribution in [-0.4, -0.2) is 16.1 Å². The second kappa shape index (κ2) is 14.2. The van der Waals surface area contributed by atoms with Gasteiger partial charge in [-0.05, 0) is 55.4 Å². The first-order valence-corrected chi connectivity index (χ1v) is 20.3. The van der Waals surface area contributed by atoms with Crippen molar-refractivity contribution in [1.29, 1.82) is 0 Å². The maximum Gasteiger partial charge on any atom is 0.230 e. The number of benzene rings is 7. The van der Waals surface area contributed by atoms with Gasteiger partial charge in [-0.15, -0.1) is 11.1 Å². The van der Waals surface area contributed by atoms with E-state index in [0.29, 0.717) is 0 Å². The molecule has 0 aliphatic rings. The molecule has 0 atom stereocenters. The first-order valence-electron chi connectivity index (χ1n) is 16.3. The Kier molecular flexibility index (Phi) is 9.12. The van der Waals surface area contributed by atoms with Crippen molar-refractivity contribution in [3.05, 3.63) is 217 Å². The summed E-state index contributed by atoms with van der Waals surface area (Å²) in [7, 11) is -5.31. The highest BCUT2D eigenvalue weighted by molar-refractivity contribution is 7.17. The summed E-state index contributed by atoms with van der Waals surface area (Å²) < 4.78 is 0. The Bertz CT molecular complexity index is 1840. The van der Waals surface area contributed by atoms with Crippen LogP contribution in [-0.2, 0) is 0 Å². The summed E-state index contributed by atoms with van der Waals surface area (Å²) in [5.41, 5.74) is 9.77. The lowest BCUT2D eigenvalue weighted by molar-refractivity contribution is 1.60. The molecule has 0 saturated carbocycles. The Labute approximate surface area is 286 Å². The molecule has 7 aromatic carbocycles. The van der Waals surface area contributed by atoms with E-state index in [1.807, 2.05) is 0 Å². The van der Waals surface area contributed by atoms with E-state index in [9.17, 15) is 0 Å². The zero-order valence-electron chi connectivity index (χ0n) is 26.6. The van der Waals surface area contributed by atoms with Crippen molar-refractivity contribution in [2.24, 2.45) is 0 Å². The Morgan fingerprint density at radius 3 is 0.604 bits per heavy atom. The van der Waals surface area contributed by atoms with Gasteiger partial charge in [0.1, 0.15) is 0 Å². The Morgan fingerprint density at radius 1 is 0.229 bits per heavy atom. The highest BCUT2D eigenvalue weighted by atomic mass is 28.3. The van der Waals surface area contributed by atoms with Crippen molar-refractivity contribution in [3.8, 4) is 22.9 Å². The van der Waals surface area contributed by atoms with Crippen LogP contribution < -0.4 is 31.1 Å². The molecule has 0 amide bonds. The van der Waals surface area contributed by atoms with Crippen molar-refractivity contribution in [2.45, 2.75) is 0 Å². The molecule has 0 saturated heterocycles. The van der Waals surface area contributed by atoms with Gasteiger partial charge in [0.2, 0.25) is 16.1 Å². The third-order valence-corrected chi connectivity index (χ3v) is 17.1. The van der Waals surface area contributed by atoms with E-state index >= 15 is 0 Å². The van der Waals surface area contributed by atoms with Crippen molar-refractivity contribution in [2.75, 3.05) is 0 Å². The molecule has 0 aromatic heterocycles. The molecular formula is C46H34Si2. The standard InChI is InChI=1S/C46H34Si2/c1-7-19-41(20-8-1)47(42-21-9-2-10-22-42,43-23-11-3-12-24-43)37-35-39-31-33-40(34-32-39)36-38-48(44-25-13-4-14-26-44,45-27-15-5-16-28-45)46-29-17-6-18-30-46/h1-34H. The highest BCUT2D eigenvalue weighted by Gasteiger charge is 2.39. The summed E-state index contributed by atoms with van der Waals surface area (Å²) in [6, 6.07) is 73.3. The van der Waals surface area contributed by atoms with Crippen LogP contribution in [0.5, 0.6) is 0 Å². The largest absolute Gasteiger partial charge is 0.230 e. The quantitative estimate of drug-likeness (QED) is 0.122. The Hall–Kier alpha value is -5.91. The molecule has 226 valence electrons. The highest BCUT2D eigenvalue weighted by Crippen LogP contribution is 2.11. The maximum atomic E-state index is 3.90. The fourth-order valence-electron chi connectivity index (χ4n) is 6.53. The number of rotatable bonds is 6. The average molecular weight is 643 g/mol. The second-order valence-electron chi connectivity index (χ2n) is 11.8. The number of hydrogen-bond acceptors (Lipinski definition) is 0. The van der Waals surface area contributed by atoms with E-state index in [4.69, 9.17) is 0 Å². The molecule has 0 aliphatic carbocycles. The lowest BCUT2D eigenvalue weighted by Crippen LogP contribution is -2.66. The van der Waals surface area contributed by atoms with Crippen LogP contribution in [0.15, 0.2) is 206 Å². The van der Waals surface area contributed by atoms with Gasteiger partial charge in [-0.25, -0.2) is 0 Å². The zero-order chi connectivity index (χ0) is 32.5. The van der Waals surface area contributed by atoms with Crippen LogP contribution in [0.1, 0.15) is 11.1 Å². The third-order valence-electron chi connectivity index (χ3n) is 8.91. The smallest absolute Gasteiger partial charge is 0.109 e. The molecule has 0 bridgehead atoms. The monoisotopic (exact) mass is 642 g/mol. The Morgan fingerprint density at radius 2 is 0.417 bits per heavy atom. The van der Waals surface area contributed by atoms with Gasteiger partial charge >= 0.3 is 0 Å². The fourth-order valence-corrected chi connectivity index (χ4v) is 14.2. The average Bonchev–Trinajstić information content (AvgIpc) is 3.18. The van der Waals surface area contributed by atoms with Crippen LogP contribution in [0.2, 0.25) is 0 Å². The van der Waals surface area contributed by atoms with Gasteiger partial charge < -0.3 is 0 Å². The lowest BCUT2D eigenvalue weighted by atomic mass is 10.1. The molecule has 0 aliphatic heterocycles.